The van der Waals surface area contributed by atoms with Crippen LogP contribution >= 0.6 is 0 Å². The fourth-order valence-electron chi connectivity index (χ4n) is 7.88. The maximum atomic E-state index is 14.8. The van der Waals surface area contributed by atoms with Crippen LogP contribution in [-0.2, 0) is 19.1 Å². The molecule has 0 saturated carbocycles. The summed E-state index contributed by atoms with van der Waals surface area (Å²) in [6.07, 6.45) is 4.25. The van der Waals surface area contributed by atoms with E-state index >= 15 is 0 Å². The molecule has 3 saturated heterocycles. The Balaban J connectivity index is 1.39. The van der Waals surface area contributed by atoms with Crippen molar-refractivity contribution in [3.8, 4) is 5.75 Å². The van der Waals surface area contributed by atoms with Gasteiger partial charge >= 0.3 is 0 Å². The minimum absolute atomic E-state index is 0.0522. The fourth-order valence-corrected chi connectivity index (χ4v) is 7.88. The zero-order valence-electron chi connectivity index (χ0n) is 26.4. The van der Waals surface area contributed by atoms with E-state index in [1.165, 1.54) is 4.90 Å². The van der Waals surface area contributed by atoms with Crippen molar-refractivity contribution in [2.45, 2.75) is 43.9 Å². The number of hydrogen-bond donors (Lipinski definition) is 1. The lowest BCUT2D eigenvalue weighted by Gasteiger charge is -2.37. The molecule has 3 amide bonds. The maximum absolute atomic E-state index is 14.8. The van der Waals surface area contributed by atoms with Gasteiger partial charge in [0.2, 0.25) is 11.8 Å². The number of hydrogen-bond acceptors (Lipinski definition) is 6. The quantitative estimate of drug-likeness (QED) is 0.293. The van der Waals surface area contributed by atoms with Crippen LogP contribution in [0, 0.1) is 11.8 Å². The number of anilines is 2. The highest BCUT2D eigenvalue weighted by Gasteiger charge is 2.78. The van der Waals surface area contributed by atoms with Gasteiger partial charge in [0.1, 0.15) is 17.4 Å². The molecule has 2 unspecified atom stereocenters. The molecule has 9 heteroatoms. The second-order valence-electron chi connectivity index (χ2n) is 12.4. The molecule has 9 nitrogen and oxygen atoms in total. The van der Waals surface area contributed by atoms with Crippen molar-refractivity contribution in [2.75, 3.05) is 42.6 Å². The highest BCUT2D eigenvalue weighted by molar-refractivity contribution is 6.07. The largest absolute Gasteiger partial charge is 0.494 e. The molecule has 3 fully saturated rings. The van der Waals surface area contributed by atoms with E-state index < -0.39 is 29.1 Å². The van der Waals surface area contributed by atoms with E-state index in [2.05, 4.69) is 13.2 Å². The number of benzene rings is 3. The second kappa shape index (κ2) is 12.4. The van der Waals surface area contributed by atoms with Gasteiger partial charge in [-0.1, -0.05) is 42.5 Å². The molecular weight excluding hydrogens is 582 g/mol. The van der Waals surface area contributed by atoms with Crippen molar-refractivity contribution in [1.82, 2.24) is 4.90 Å². The van der Waals surface area contributed by atoms with Gasteiger partial charge in [0.25, 0.3) is 5.91 Å². The van der Waals surface area contributed by atoms with Crippen LogP contribution in [0.1, 0.15) is 26.7 Å². The van der Waals surface area contributed by atoms with Crippen LogP contribution in [0.5, 0.6) is 5.75 Å². The number of β-amino-alcohol motifs (C(OH)–C–C–N with tert-alkyl or cyclic N) is 1. The summed E-state index contributed by atoms with van der Waals surface area (Å²) in [5.41, 5.74) is -0.877. The molecule has 6 rings (SSSR count). The number of nitrogens with zero attached hydrogens (tertiary/aromatic N) is 3. The van der Waals surface area contributed by atoms with Crippen LogP contribution in [0.15, 0.2) is 92.0 Å². The molecule has 0 aliphatic carbocycles. The third kappa shape index (κ3) is 4.98. The van der Waals surface area contributed by atoms with Crippen molar-refractivity contribution in [2.24, 2.45) is 11.8 Å². The van der Waals surface area contributed by atoms with Gasteiger partial charge in [-0.2, -0.15) is 0 Å². The Labute approximate surface area is 269 Å². The van der Waals surface area contributed by atoms with Crippen molar-refractivity contribution in [1.29, 1.82) is 0 Å². The van der Waals surface area contributed by atoms with Crippen molar-refractivity contribution in [3.05, 3.63) is 92.0 Å². The molecule has 3 aromatic carbocycles. The summed E-state index contributed by atoms with van der Waals surface area (Å²) in [5.74, 6) is -1.98. The normalized spacial score (nSPS) is 26.2. The van der Waals surface area contributed by atoms with Gasteiger partial charge in [-0.15, -0.1) is 13.2 Å². The number of fused-ring (bicyclic) bond motifs is 2. The Morgan fingerprint density at radius 3 is 2.28 bits per heavy atom. The van der Waals surface area contributed by atoms with E-state index in [1.807, 2.05) is 80.6 Å². The molecule has 46 heavy (non-hydrogen) atoms. The Bertz CT molecular complexity index is 1670. The smallest absolute Gasteiger partial charge is 0.253 e. The summed E-state index contributed by atoms with van der Waals surface area (Å²) in [6, 6.07) is 19.9. The van der Waals surface area contributed by atoms with Gasteiger partial charge in [-0.3, -0.25) is 14.4 Å². The first kappa shape index (κ1) is 31.5. The Morgan fingerprint density at radius 1 is 0.978 bits per heavy atom. The lowest BCUT2D eigenvalue weighted by molar-refractivity contribution is -0.145. The summed E-state index contributed by atoms with van der Waals surface area (Å²) in [6.45, 7) is 12.1. The van der Waals surface area contributed by atoms with Crippen LogP contribution < -0.4 is 14.5 Å². The van der Waals surface area contributed by atoms with E-state index in [0.29, 0.717) is 36.6 Å². The van der Waals surface area contributed by atoms with E-state index in [0.717, 1.165) is 10.8 Å². The fraction of sp³-hybridized carbons (Fsp3) is 0.378. The number of aliphatic hydroxyl groups is 1. The average Bonchev–Trinajstić information content (AvgIpc) is 3.63. The highest BCUT2D eigenvalue weighted by atomic mass is 16.5. The molecule has 3 aromatic rings. The molecule has 2 bridgehead atoms. The standard InChI is InChI=1S/C37H41N3O6/c1-5-20-38(27-14-16-29(17-15-27)45-7-3)33(42)30-31-34(43)40(22-23-41)32(37(31)19-18-36(30,4)46-37)35(44)39(21-6-2)28-13-12-25-10-8-9-11-26(25)24-28/h5-6,8-17,24,30-32,41H,1-2,7,18-23H2,3-4H3/t30-,31-,32?,36+,37?/m0/s1. The summed E-state index contributed by atoms with van der Waals surface area (Å²) >= 11 is 0. The molecule has 3 heterocycles. The minimum Gasteiger partial charge on any atom is -0.494 e. The number of ether oxygens (including phenoxy) is 2. The topological polar surface area (TPSA) is 99.6 Å². The maximum Gasteiger partial charge on any atom is 0.253 e. The van der Waals surface area contributed by atoms with Crippen LogP contribution in [0.25, 0.3) is 10.8 Å². The van der Waals surface area contributed by atoms with Gasteiger partial charge in [0.05, 0.1) is 30.7 Å². The second-order valence-corrected chi connectivity index (χ2v) is 12.4. The summed E-state index contributed by atoms with van der Waals surface area (Å²) in [5, 5.41) is 12.1. The molecule has 3 aliphatic heterocycles. The van der Waals surface area contributed by atoms with Crippen molar-refractivity contribution in [3.63, 3.8) is 0 Å². The Hall–Kier alpha value is -4.47. The predicted octanol–water partition coefficient (Wildman–Crippen LogP) is 4.73. The summed E-state index contributed by atoms with van der Waals surface area (Å²) in [7, 11) is 0. The van der Waals surface area contributed by atoms with Gasteiger partial charge in [-0.25, -0.2) is 0 Å². The molecule has 1 spiro atoms. The zero-order valence-corrected chi connectivity index (χ0v) is 26.4. The lowest BCUT2D eigenvalue weighted by Crippen LogP contribution is -2.57. The molecule has 0 aromatic heterocycles. The van der Waals surface area contributed by atoms with Crippen molar-refractivity contribution < 1.29 is 29.0 Å². The van der Waals surface area contributed by atoms with E-state index in [1.54, 1.807) is 22.0 Å². The number of aliphatic hydroxyl groups excluding tert-OH is 1. The van der Waals surface area contributed by atoms with Gasteiger partial charge < -0.3 is 29.3 Å². The van der Waals surface area contributed by atoms with E-state index in [9.17, 15) is 19.5 Å². The molecule has 1 N–H and O–H groups in total. The first-order valence-corrected chi connectivity index (χ1v) is 15.9. The molecule has 5 atom stereocenters. The highest BCUT2D eigenvalue weighted by Crippen LogP contribution is 2.63. The SMILES string of the molecule is C=CCN(C(=O)C1N(CCO)C(=O)[C@@H]2[C@@H](C(=O)N(CC=C)c3ccc(OCC)cc3)[C@@]3(C)CCC12O3)c1ccc2ccccc2c1. The number of amides is 3. The van der Waals surface area contributed by atoms with E-state index in [4.69, 9.17) is 9.47 Å². The number of carbonyl (C=O) groups excluding carboxylic acids is 3. The predicted molar refractivity (Wildman–Crippen MR) is 178 cm³/mol. The van der Waals surface area contributed by atoms with Crippen molar-refractivity contribution >= 4 is 39.9 Å². The monoisotopic (exact) mass is 623 g/mol. The van der Waals surface area contributed by atoms with Crippen LogP contribution in [0.4, 0.5) is 11.4 Å². The summed E-state index contributed by atoms with van der Waals surface area (Å²) < 4.78 is 12.4. The first-order chi connectivity index (χ1) is 22.2. The first-order valence-electron chi connectivity index (χ1n) is 15.9. The minimum atomic E-state index is -1.23. The third-order valence-corrected chi connectivity index (χ3v) is 9.78. The molecule has 0 radical (unpaired) electrons. The van der Waals surface area contributed by atoms with Gasteiger partial charge in [-0.05, 0) is 73.9 Å². The third-order valence-electron chi connectivity index (χ3n) is 9.78. The average molecular weight is 624 g/mol. The Morgan fingerprint density at radius 2 is 1.63 bits per heavy atom. The van der Waals surface area contributed by atoms with Crippen LogP contribution in [0.2, 0.25) is 0 Å². The summed E-state index contributed by atoms with van der Waals surface area (Å²) in [4.78, 5) is 48.4. The lowest BCUT2D eigenvalue weighted by atomic mass is 9.66. The van der Waals surface area contributed by atoms with Gasteiger partial charge in [0.15, 0.2) is 0 Å². The molecule has 3 aliphatic rings. The number of rotatable bonds is 12. The van der Waals surface area contributed by atoms with Crippen LogP contribution in [0.3, 0.4) is 0 Å². The van der Waals surface area contributed by atoms with Crippen LogP contribution in [-0.4, -0.2) is 77.8 Å². The van der Waals surface area contributed by atoms with Gasteiger partial charge in [0, 0.05) is 31.0 Å². The number of likely N-dealkylation sites (tertiary alicyclic amines) is 1. The molecule has 240 valence electrons. The van der Waals surface area contributed by atoms with E-state index in [-0.39, 0.29) is 44.0 Å². The Kier molecular flexibility index (Phi) is 8.48. The number of carbonyl (C=O) groups is 3. The molecular formula is C37H41N3O6. The zero-order chi connectivity index (χ0) is 32.6.